The summed E-state index contributed by atoms with van der Waals surface area (Å²) in [4.78, 5) is 43.2. The standard InChI is InChI=1S/C36H38N10O3/c1-2-32(47)39-29-6-3-5-25(21-29)23-44-16-4-7-30(24-44)46-35-31(22-38-46)34(45-17-19-49-20-18-45)42-33(43-35)26-8-10-27(11-9-26)40-36(48)41-28-12-14-37-15-13-28/h2-3,5-6,8-15,21-22,30H,1,4,7,16-20,23-24H2,(H,39,47)(H2,37,40,41,48). The van der Waals surface area contributed by atoms with E-state index in [2.05, 4.69) is 48.1 Å². The maximum atomic E-state index is 12.5. The summed E-state index contributed by atoms with van der Waals surface area (Å²) in [5.74, 6) is 1.21. The van der Waals surface area contributed by atoms with Crippen molar-refractivity contribution in [1.29, 1.82) is 0 Å². The Morgan fingerprint density at radius 3 is 2.47 bits per heavy atom. The molecule has 0 radical (unpaired) electrons. The smallest absolute Gasteiger partial charge is 0.323 e. The first-order valence-electron chi connectivity index (χ1n) is 16.4. The van der Waals surface area contributed by atoms with Crippen LogP contribution in [0.25, 0.3) is 22.4 Å². The average Bonchev–Trinajstić information content (AvgIpc) is 3.57. The van der Waals surface area contributed by atoms with Crippen LogP contribution in [0.3, 0.4) is 0 Å². The van der Waals surface area contributed by atoms with Gasteiger partial charge in [-0.15, -0.1) is 0 Å². The highest BCUT2D eigenvalue weighted by atomic mass is 16.5. The third-order valence-corrected chi connectivity index (χ3v) is 8.70. The Morgan fingerprint density at radius 1 is 0.918 bits per heavy atom. The Hall–Kier alpha value is -5.66. The van der Waals surface area contributed by atoms with Crippen LogP contribution < -0.4 is 20.9 Å². The number of nitrogens with one attached hydrogen (secondary N) is 3. The van der Waals surface area contributed by atoms with Crippen LogP contribution in [0.4, 0.5) is 27.7 Å². The summed E-state index contributed by atoms with van der Waals surface area (Å²) in [5.41, 5.74) is 4.81. The number of fused-ring (bicyclic) bond motifs is 1. The highest BCUT2D eigenvalue weighted by molar-refractivity contribution is 6.00. The molecule has 2 aliphatic heterocycles. The zero-order valence-corrected chi connectivity index (χ0v) is 27.1. The summed E-state index contributed by atoms with van der Waals surface area (Å²) < 4.78 is 7.71. The van der Waals surface area contributed by atoms with E-state index in [1.807, 2.05) is 48.7 Å². The summed E-state index contributed by atoms with van der Waals surface area (Å²) in [6, 6.07) is 18.7. The van der Waals surface area contributed by atoms with Crippen LogP contribution in [0.1, 0.15) is 24.4 Å². The normalized spacial score (nSPS) is 16.7. The largest absolute Gasteiger partial charge is 0.378 e. The van der Waals surface area contributed by atoms with Gasteiger partial charge in [0.25, 0.3) is 0 Å². The minimum atomic E-state index is -0.344. The van der Waals surface area contributed by atoms with Crippen molar-refractivity contribution in [1.82, 2.24) is 29.6 Å². The fourth-order valence-electron chi connectivity index (χ4n) is 6.33. The van der Waals surface area contributed by atoms with Gasteiger partial charge in [-0.1, -0.05) is 18.7 Å². The van der Waals surface area contributed by atoms with Crippen LogP contribution in [0.2, 0.25) is 0 Å². The number of urea groups is 1. The van der Waals surface area contributed by atoms with Crippen molar-refractivity contribution in [2.75, 3.05) is 60.2 Å². The second-order valence-corrected chi connectivity index (χ2v) is 12.1. The molecule has 3 amide bonds. The molecule has 250 valence electrons. The molecule has 13 heteroatoms. The molecule has 0 bridgehead atoms. The first kappa shape index (κ1) is 31.9. The molecular formula is C36H38N10O3. The molecule has 7 rings (SSSR count). The van der Waals surface area contributed by atoms with Gasteiger partial charge in [-0.05, 0) is 79.6 Å². The van der Waals surface area contributed by atoms with Gasteiger partial charge in [-0.25, -0.2) is 19.4 Å². The van der Waals surface area contributed by atoms with Gasteiger partial charge < -0.3 is 25.6 Å². The number of morpholine rings is 1. The average molecular weight is 659 g/mol. The second-order valence-electron chi connectivity index (χ2n) is 12.1. The van der Waals surface area contributed by atoms with Gasteiger partial charge in [0, 0.05) is 61.2 Å². The number of benzene rings is 2. The number of hydrogen-bond acceptors (Lipinski definition) is 9. The van der Waals surface area contributed by atoms with Crippen molar-refractivity contribution in [2.45, 2.75) is 25.4 Å². The number of amides is 3. The molecule has 3 aromatic heterocycles. The summed E-state index contributed by atoms with van der Waals surface area (Å²) in [6.45, 7) is 8.81. The van der Waals surface area contributed by atoms with E-state index in [-0.39, 0.29) is 18.0 Å². The van der Waals surface area contributed by atoms with Gasteiger partial charge >= 0.3 is 6.03 Å². The molecule has 5 heterocycles. The first-order valence-corrected chi connectivity index (χ1v) is 16.4. The molecule has 1 unspecified atom stereocenters. The number of carbonyl (C=O) groups is 2. The molecular weight excluding hydrogens is 620 g/mol. The Morgan fingerprint density at radius 2 is 1.69 bits per heavy atom. The van der Waals surface area contributed by atoms with E-state index in [0.717, 1.165) is 79.2 Å². The number of piperidine rings is 1. The fourth-order valence-corrected chi connectivity index (χ4v) is 6.33. The Kier molecular flexibility index (Phi) is 9.53. The Bertz CT molecular complexity index is 1940. The molecule has 3 N–H and O–H groups in total. The molecule has 0 spiro atoms. The SMILES string of the molecule is C=CC(=O)Nc1cccc(CN2CCCC(n3ncc4c(N5CCOCC5)nc(-c5ccc(NC(=O)Nc6ccncc6)cc5)nc43)C2)c1. The van der Waals surface area contributed by atoms with Crippen LogP contribution in [0.5, 0.6) is 0 Å². The number of carbonyl (C=O) groups excluding carboxylic acids is 2. The quantitative estimate of drug-likeness (QED) is 0.179. The van der Waals surface area contributed by atoms with E-state index in [4.69, 9.17) is 19.8 Å². The summed E-state index contributed by atoms with van der Waals surface area (Å²) in [7, 11) is 0. The van der Waals surface area contributed by atoms with Gasteiger partial charge in [0.05, 0.1) is 30.8 Å². The van der Waals surface area contributed by atoms with Crippen LogP contribution in [0.15, 0.2) is 91.9 Å². The molecule has 1 atom stereocenters. The van der Waals surface area contributed by atoms with Gasteiger partial charge in [0.15, 0.2) is 11.5 Å². The lowest BCUT2D eigenvalue weighted by Crippen LogP contribution is -2.37. The number of aromatic nitrogens is 5. The number of pyridine rings is 1. The zero-order chi connectivity index (χ0) is 33.6. The third-order valence-electron chi connectivity index (χ3n) is 8.70. The molecule has 2 saturated heterocycles. The maximum Gasteiger partial charge on any atom is 0.323 e. The number of ether oxygens (including phenoxy) is 1. The predicted octanol–water partition coefficient (Wildman–Crippen LogP) is 5.33. The Balaban J connectivity index is 1.13. The van der Waals surface area contributed by atoms with E-state index >= 15 is 0 Å². The number of rotatable bonds is 9. The molecule has 13 nitrogen and oxygen atoms in total. The Labute approximate surface area is 284 Å². The third kappa shape index (κ3) is 7.58. The van der Waals surface area contributed by atoms with Gasteiger partial charge in [0.2, 0.25) is 5.91 Å². The lowest BCUT2D eigenvalue weighted by molar-refractivity contribution is -0.111. The van der Waals surface area contributed by atoms with E-state index in [1.165, 1.54) is 6.08 Å². The van der Waals surface area contributed by atoms with Crippen LogP contribution in [-0.4, -0.2) is 81.0 Å². The minimum Gasteiger partial charge on any atom is -0.378 e. The number of hydrogen-bond donors (Lipinski definition) is 3. The molecule has 2 aromatic carbocycles. The van der Waals surface area contributed by atoms with E-state index < -0.39 is 0 Å². The molecule has 0 aliphatic carbocycles. The van der Waals surface area contributed by atoms with Crippen molar-refractivity contribution in [3.05, 3.63) is 97.5 Å². The van der Waals surface area contributed by atoms with Gasteiger partial charge in [-0.2, -0.15) is 5.10 Å². The topological polar surface area (TPSA) is 142 Å². The summed E-state index contributed by atoms with van der Waals surface area (Å²) in [5, 5.41) is 14.3. The number of nitrogens with zero attached hydrogens (tertiary/aromatic N) is 7. The van der Waals surface area contributed by atoms with Crippen LogP contribution >= 0.6 is 0 Å². The number of likely N-dealkylation sites (tertiary alicyclic amines) is 1. The van der Waals surface area contributed by atoms with Crippen molar-refractivity contribution >= 4 is 45.9 Å². The lowest BCUT2D eigenvalue weighted by atomic mass is 10.0. The van der Waals surface area contributed by atoms with Gasteiger partial charge in [-0.3, -0.25) is 14.7 Å². The summed E-state index contributed by atoms with van der Waals surface area (Å²) in [6.07, 6.45) is 8.42. The minimum absolute atomic E-state index is 0.126. The summed E-state index contributed by atoms with van der Waals surface area (Å²) >= 11 is 0. The molecule has 2 fully saturated rings. The van der Waals surface area contributed by atoms with Crippen molar-refractivity contribution < 1.29 is 14.3 Å². The van der Waals surface area contributed by atoms with Gasteiger partial charge in [0.1, 0.15) is 5.82 Å². The molecule has 2 aliphatic rings. The predicted molar refractivity (Wildman–Crippen MR) is 189 cm³/mol. The number of anilines is 4. The zero-order valence-electron chi connectivity index (χ0n) is 27.1. The van der Waals surface area contributed by atoms with Crippen molar-refractivity contribution in [3.8, 4) is 11.4 Å². The maximum absolute atomic E-state index is 12.5. The van der Waals surface area contributed by atoms with E-state index in [0.29, 0.717) is 30.4 Å². The molecule has 0 saturated carbocycles. The van der Waals surface area contributed by atoms with E-state index in [1.54, 1.807) is 24.5 Å². The van der Waals surface area contributed by atoms with Crippen molar-refractivity contribution in [3.63, 3.8) is 0 Å². The second kappa shape index (κ2) is 14.6. The van der Waals surface area contributed by atoms with Crippen LogP contribution in [-0.2, 0) is 16.1 Å². The molecule has 49 heavy (non-hydrogen) atoms. The van der Waals surface area contributed by atoms with Crippen LogP contribution in [0, 0.1) is 0 Å². The first-order chi connectivity index (χ1) is 24.0. The molecule has 5 aromatic rings. The monoisotopic (exact) mass is 658 g/mol. The van der Waals surface area contributed by atoms with E-state index in [9.17, 15) is 9.59 Å². The van der Waals surface area contributed by atoms with Crippen molar-refractivity contribution in [2.24, 2.45) is 0 Å². The highest BCUT2D eigenvalue weighted by Gasteiger charge is 2.27. The lowest BCUT2D eigenvalue weighted by Gasteiger charge is -2.33. The fraction of sp³-hybridized carbons (Fsp3) is 0.278. The highest BCUT2D eigenvalue weighted by Crippen LogP contribution is 2.32.